The van der Waals surface area contributed by atoms with Crippen LogP contribution in [0.15, 0.2) is 54.7 Å². The molecule has 0 saturated carbocycles. The molecule has 1 unspecified atom stereocenters. The smallest absolute Gasteiger partial charge is 0.341 e. The lowest BCUT2D eigenvalue weighted by atomic mass is 9.79. The molecule has 0 aliphatic carbocycles. The zero-order chi connectivity index (χ0) is 24.0. The Morgan fingerprint density at radius 2 is 1.94 bits per heavy atom. The summed E-state index contributed by atoms with van der Waals surface area (Å²) in [6, 6.07) is 15.8. The highest BCUT2D eigenvalue weighted by atomic mass is 16.6. The molecule has 174 valence electrons. The van der Waals surface area contributed by atoms with Crippen molar-refractivity contribution >= 4 is 22.6 Å². The van der Waals surface area contributed by atoms with Crippen molar-refractivity contribution in [3.05, 3.63) is 88.4 Å². The zero-order valence-electron chi connectivity index (χ0n) is 20.2. The summed E-state index contributed by atoms with van der Waals surface area (Å²) in [6.07, 6.45) is 2.56. The minimum absolute atomic E-state index is 0.384. The first kappa shape index (κ1) is 22.0. The van der Waals surface area contributed by atoms with Crippen LogP contribution in [0.3, 0.4) is 0 Å². The van der Waals surface area contributed by atoms with Gasteiger partial charge in [-0.1, -0.05) is 19.1 Å². The normalized spacial score (nSPS) is 17.0. The van der Waals surface area contributed by atoms with Gasteiger partial charge in [0.1, 0.15) is 11.4 Å². The number of carbonyl (C=O) groups is 1. The van der Waals surface area contributed by atoms with E-state index < -0.39 is 5.60 Å². The number of aromatic nitrogens is 2. The number of hydrogen-bond donors (Lipinski definition) is 1. The SMILES string of the molecule is CCOc1cc(N(C)C)ccc1C1(c2c(C)[nH]c3cccc(CC)c23)OC(=O)c2cccnc21. The standard InChI is InChI=1S/C28H29N3O3/c1-6-18-10-8-12-22-24(18)25(17(3)30-22)28(26-20(27(32)34-28)11-9-15-29-26)21-14-13-19(31(4)5)16-23(21)33-7-2/h8-16,30H,6-7H2,1-5H3. The molecule has 1 N–H and O–H groups in total. The summed E-state index contributed by atoms with van der Waals surface area (Å²) in [5.41, 5.74) is 5.62. The second kappa shape index (κ2) is 8.20. The minimum Gasteiger partial charge on any atom is -0.493 e. The van der Waals surface area contributed by atoms with Crippen molar-refractivity contribution in [1.29, 1.82) is 0 Å². The average Bonchev–Trinajstić information content (AvgIpc) is 3.33. The van der Waals surface area contributed by atoms with Gasteiger partial charge in [0.2, 0.25) is 5.60 Å². The molecule has 34 heavy (non-hydrogen) atoms. The Kier molecular flexibility index (Phi) is 5.31. The van der Waals surface area contributed by atoms with E-state index in [1.54, 1.807) is 18.3 Å². The predicted molar refractivity (Wildman–Crippen MR) is 134 cm³/mol. The fourth-order valence-corrected chi connectivity index (χ4v) is 5.12. The van der Waals surface area contributed by atoms with Crippen LogP contribution in [0.2, 0.25) is 0 Å². The van der Waals surface area contributed by atoms with Crippen molar-refractivity contribution in [3.8, 4) is 5.75 Å². The lowest BCUT2D eigenvalue weighted by Crippen LogP contribution is -2.32. The summed E-state index contributed by atoms with van der Waals surface area (Å²) in [5.74, 6) is 0.285. The zero-order valence-corrected chi connectivity index (χ0v) is 20.2. The van der Waals surface area contributed by atoms with Crippen LogP contribution < -0.4 is 9.64 Å². The Hall–Kier alpha value is -3.80. The second-order valence-corrected chi connectivity index (χ2v) is 8.80. The first-order valence-electron chi connectivity index (χ1n) is 11.7. The number of hydrogen-bond acceptors (Lipinski definition) is 5. The van der Waals surface area contributed by atoms with E-state index in [0.717, 1.165) is 39.8 Å². The molecule has 5 rings (SSSR count). The largest absolute Gasteiger partial charge is 0.493 e. The van der Waals surface area contributed by atoms with Gasteiger partial charge in [-0.2, -0.15) is 0 Å². The first-order chi connectivity index (χ1) is 16.4. The van der Waals surface area contributed by atoms with Gasteiger partial charge in [-0.05, 0) is 56.2 Å². The number of aromatic amines is 1. The Labute approximate surface area is 199 Å². The summed E-state index contributed by atoms with van der Waals surface area (Å²) >= 11 is 0. The maximum absolute atomic E-state index is 13.3. The van der Waals surface area contributed by atoms with Crippen LogP contribution in [0, 0.1) is 6.92 Å². The molecule has 2 aromatic heterocycles. The number of carbonyl (C=O) groups excluding carboxylic acids is 1. The Morgan fingerprint density at radius 1 is 1.12 bits per heavy atom. The summed E-state index contributed by atoms with van der Waals surface area (Å²) in [7, 11) is 3.98. The highest BCUT2D eigenvalue weighted by Gasteiger charge is 2.53. The lowest BCUT2D eigenvalue weighted by Gasteiger charge is -2.32. The van der Waals surface area contributed by atoms with Crippen LogP contribution in [0.4, 0.5) is 5.69 Å². The van der Waals surface area contributed by atoms with Crippen LogP contribution in [0.25, 0.3) is 10.9 Å². The fourth-order valence-electron chi connectivity index (χ4n) is 5.12. The van der Waals surface area contributed by atoms with Gasteiger partial charge in [-0.15, -0.1) is 0 Å². The molecular formula is C28H29N3O3. The molecule has 4 aromatic rings. The molecule has 3 heterocycles. The number of benzene rings is 2. The summed E-state index contributed by atoms with van der Waals surface area (Å²) < 4.78 is 12.6. The fraction of sp³-hybridized carbons (Fsp3) is 0.286. The number of anilines is 1. The van der Waals surface area contributed by atoms with Gasteiger partial charge < -0.3 is 19.4 Å². The number of nitrogens with zero attached hydrogens (tertiary/aromatic N) is 2. The van der Waals surface area contributed by atoms with Crippen LogP contribution in [0.5, 0.6) is 5.75 Å². The van der Waals surface area contributed by atoms with Gasteiger partial charge in [0.25, 0.3) is 0 Å². The van der Waals surface area contributed by atoms with Crippen molar-refractivity contribution in [1.82, 2.24) is 9.97 Å². The number of esters is 1. The van der Waals surface area contributed by atoms with E-state index in [1.165, 1.54) is 5.56 Å². The number of aryl methyl sites for hydroxylation is 2. The van der Waals surface area contributed by atoms with Crippen LogP contribution in [-0.4, -0.2) is 36.6 Å². The van der Waals surface area contributed by atoms with E-state index in [1.807, 2.05) is 51.0 Å². The summed E-state index contributed by atoms with van der Waals surface area (Å²) in [4.78, 5) is 23.6. The Balaban J connectivity index is 1.94. The minimum atomic E-state index is -1.24. The maximum Gasteiger partial charge on any atom is 0.341 e. The molecule has 0 fully saturated rings. The molecule has 0 radical (unpaired) electrons. The molecule has 0 amide bonds. The van der Waals surface area contributed by atoms with E-state index >= 15 is 0 Å². The van der Waals surface area contributed by atoms with Crippen molar-refractivity contribution in [2.75, 3.05) is 25.6 Å². The third kappa shape index (κ3) is 3.09. The lowest BCUT2D eigenvalue weighted by molar-refractivity contribution is 0.0238. The number of cyclic esters (lactones) is 1. The average molecular weight is 456 g/mol. The van der Waals surface area contributed by atoms with Crippen molar-refractivity contribution in [2.45, 2.75) is 32.8 Å². The molecule has 1 aliphatic heterocycles. The molecule has 0 saturated heterocycles. The number of ether oxygens (including phenoxy) is 2. The summed E-state index contributed by atoms with van der Waals surface area (Å²) in [5, 5.41) is 1.06. The van der Waals surface area contributed by atoms with Crippen molar-refractivity contribution in [2.24, 2.45) is 0 Å². The van der Waals surface area contributed by atoms with Gasteiger partial charge in [-0.25, -0.2) is 4.79 Å². The van der Waals surface area contributed by atoms with Crippen LogP contribution in [0.1, 0.15) is 52.3 Å². The van der Waals surface area contributed by atoms with Crippen molar-refractivity contribution < 1.29 is 14.3 Å². The quantitative estimate of drug-likeness (QED) is 0.397. The van der Waals surface area contributed by atoms with Crippen molar-refractivity contribution in [3.63, 3.8) is 0 Å². The number of rotatable bonds is 6. The van der Waals surface area contributed by atoms with E-state index in [4.69, 9.17) is 14.5 Å². The topological polar surface area (TPSA) is 67.4 Å². The first-order valence-corrected chi connectivity index (χ1v) is 11.7. The van der Waals surface area contributed by atoms with Gasteiger partial charge >= 0.3 is 5.97 Å². The van der Waals surface area contributed by atoms with Gasteiger partial charge in [0.15, 0.2) is 0 Å². The van der Waals surface area contributed by atoms with Crippen LogP contribution in [-0.2, 0) is 16.8 Å². The number of nitrogens with one attached hydrogen (secondary N) is 1. The summed E-state index contributed by atoms with van der Waals surface area (Å²) in [6.45, 7) is 6.60. The molecule has 1 aliphatic rings. The van der Waals surface area contributed by atoms with E-state index in [2.05, 4.69) is 30.1 Å². The molecule has 6 nitrogen and oxygen atoms in total. The van der Waals surface area contributed by atoms with E-state index in [-0.39, 0.29) is 5.97 Å². The third-order valence-corrected chi connectivity index (χ3v) is 6.60. The number of pyridine rings is 1. The number of fused-ring (bicyclic) bond motifs is 2. The van der Waals surface area contributed by atoms with Gasteiger partial charge in [-0.3, -0.25) is 4.98 Å². The molecular weight excluding hydrogens is 426 g/mol. The molecule has 6 heteroatoms. The highest BCUT2D eigenvalue weighted by Crippen LogP contribution is 2.52. The molecule has 2 aromatic carbocycles. The maximum atomic E-state index is 13.3. The molecule has 0 bridgehead atoms. The monoisotopic (exact) mass is 455 g/mol. The van der Waals surface area contributed by atoms with Crippen LogP contribution >= 0.6 is 0 Å². The predicted octanol–water partition coefficient (Wildman–Crippen LogP) is 5.36. The molecule has 0 spiro atoms. The second-order valence-electron chi connectivity index (χ2n) is 8.80. The van der Waals surface area contributed by atoms with Gasteiger partial charge in [0.05, 0.1) is 12.2 Å². The Morgan fingerprint density at radius 3 is 2.68 bits per heavy atom. The third-order valence-electron chi connectivity index (χ3n) is 6.60. The highest BCUT2D eigenvalue weighted by molar-refractivity contribution is 5.98. The Bertz CT molecular complexity index is 1410. The number of H-pyrrole nitrogens is 1. The van der Waals surface area contributed by atoms with E-state index in [9.17, 15) is 4.79 Å². The molecule has 1 atom stereocenters. The van der Waals surface area contributed by atoms with E-state index in [0.29, 0.717) is 23.6 Å². The van der Waals surface area contributed by atoms with Gasteiger partial charge in [0, 0.05) is 59.8 Å².